The fourth-order valence-corrected chi connectivity index (χ4v) is 3.27. The monoisotopic (exact) mass is 338 g/mol. The van der Waals surface area contributed by atoms with Crippen molar-refractivity contribution in [3.05, 3.63) is 27.2 Å². The third-order valence-corrected chi connectivity index (χ3v) is 4.76. The van der Waals surface area contributed by atoms with Crippen molar-refractivity contribution < 1.29 is 4.79 Å². The van der Waals surface area contributed by atoms with Crippen molar-refractivity contribution in [1.82, 2.24) is 10.4 Å². The number of hydrogen-bond acceptors (Lipinski definition) is 3. The molecule has 0 bridgehead atoms. The van der Waals surface area contributed by atoms with Crippen LogP contribution in [-0.4, -0.2) is 23.3 Å². The first-order valence-corrected chi connectivity index (χ1v) is 7.89. The first-order chi connectivity index (χ1) is 9.06. The SMILES string of the molecule is O=C(NN1CCCCC1)Sc1cc(Cl)c(Cl)cc1Cl. The van der Waals surface area contributed by atoms with E-state index in [1.54, 1.807) is 12.1 Å². The lowest BCUT2D eigenvalue weighted by Gasteiger charge is -2.26. The van der Waals surface area contributed by atoms with Gasteiger partial charge in [0.15, 0.2) is 0 Å². The second kappa shape index (κ2) is 7.04. The maximum atomic E-state index is 11.9. The molecule has 0 spiro atoms. The van der Waals surface area contributed by atoms with Crippen LogP contribution in [0.3, 0.4) is 0 Å². The Labute approximate surface area is 131 Å². The third kappa shape index (κ3) is 4.43. The largest absolute Gasteiger partial charge is 0.298 e. The summed E-state index contributed by atoms with van der Waals surface area (Å²) in [6, 6.07) is 3.15. The van der Waals surface area contributed by atoms with Crippen LogP contribution in [0, 0.1) is 0 Å². The Morgan fingerprint density at radius 3 is 2.37 bits per heavy atom. The summed E-state index contributed by atoms with van der Waals surface area (Å²) in [6.45, 7) is 1.78. The van der Waals surface area contributed by atoms with Crippen LogP contribution in [0.25, 0.3) is 0 Å². The predicted octanol–water partition coefficient (Wildman–Crippen LogP) is 4.85. The van der Waals surface area contributed by atoms with Crippen LogP contribution in [0.15, 0.2) is 17.0 Å². The van der Waals surface area contributed by atoms with Crippen LogP contribution in [-0.2, 0) is 0 Å². The molecule has 0 atom stereocenters. The maximum Gasteiger partial charge on any atom is 0.298 e. The summed E-state index contributed by atoms with van der Waals surface area (Å²) in [5.41, 5.74) is 2.85. The molecule has 1 aromatic rings. The summed E-state index contributed by atoms with van der Waals surface area (Å²) in [7, 11) is 0. The zero-order chi connectivity index (χ0) is 13.8. The van der Waals surface area contributed by atoms with E-state index in [1.807, 2.05) is 5.01 Å². The number of nitrogens with one attached hydrogen (secondary N) is 1. The van der Waals surface area contributed by atoms with Crippen molar-refractivity contribution in [3.63, 3.8) is 0 Å². The summed E-state index contributed by atoms with van der Waals surface area (Å²) in [6.07, 6.45) is 3.44. The van der Waals surface area contributed by atoms with Gasteiger partial charge in [-0.15, -0.1) is 0 Å². The zero-order valence-corrected chi connectivity index (χ0v) is 13.2. The number of benzene rings is 1. The number of nitrogens with zero attached hydrogens (tertiary/aromatic N) is 1. The Morgan fingerprint density at radius 1 is 1.05 bits per heavy atom. The van der Waals surface area contributed by atoms with Crippen LogP contribution >= 0.6 is 46.6 Å². The Hall–Kier alpha value is -0.130. The zero-order valence-electron chi connectivity index (χ0n) is 10.1. The van der Waals surface area contributed by atoms with Gasteiger partial charge in [-0.3, -0.25) is 10.2 Å². The van der Waals surface area contributed by atoms with Crippen LogP contribution in [0.4, 0.5) is 4.79 Å². The van der Waals surface area contributed by atoms with E-state index >= 15 is 0 Å². The van der Waals surface area contributed by atoms with Gasteiger partial charge in [-0.05, 0) is 36.7 Å². The number of halogens is 3. The highest BCUT2D eigenvalue weighted by molar-refractivity contribution is 8.13. The smallest absolute Gasteiger partial charge is 0.279 e. The molecule has 0 aliphatic carbocycles. The van der Waals surface area contributed by atoms with Gasteiger partial charge in [-0.2, -0.15) is 0 Å². The van der Waals surface area contributed by atoms with Gasteiger partial charge in [0, 0.05) is 18.0 Å². The second-order valence-electron chi connectivity index (χ2n) is 4.25. The van der Waals surface area contributed by atoms with E-state index in [9.17, 15) is 4.79 Å². The van der Waals surface area contributed by atoms with E-state index in [-0.39, 0.29) is 5.24 Å². The average molecular weight is 340 g/mol. The number of thioether (sulfide) groups is 1. The number of hydrazine groups is 1. The molecule has 1 heterocycles. The van der Waals surface area contributed by atoms with Crippen molar-refractivity contribution in [2.75, 3.05) is 13.1 Å². The van der Waals surface area contributed by atoms with Crippen molar-refractivity contribution >= 4 is 51.8 Å². The molecule has 1 fully saturated rings. The Balaban J connectivity index is 1.96. The molecule has 0 aromatic heterocycles. The molecule has 1 aliphatic rings. The van der Waals surface area contributed by atoms with Crippen LogP contribution < -0.4 is 5.43 Å². The normalized spacial score (nSPS) is 16.4. The van der Waals surface area contributed by atoms with Crippen LogP contribution in [0.1, 0.15) is 19.3 Å². The summed E-state index contributed by atoms with van der Waals surface area (Å²) in [5, 5.41) is 2.96. The Bertz CT molecular complexity index is 478. The van der Waals surface area contributed by atoms with Crippen LogP contribution in [0.2, 0.25) is 15.1 Å². The molecular formula is C12H13Cl3N2OS. The minimum absolute atomic E-state index is 0.165. The summed E-state index contributed by atoms with van der Waals surface area (Å²) < 4.78 is 0. The van der Waals surface area contributed by atoms with E-state index in [2.05, 4.69) is 5.43 Å². The van der Waals surface area contributed by atoms with Gasteiger partial charge in [0.05, 0.1) is 15.1 Å². The van der Waals surface area contributed by atoms with Gasteiger partial charge in [-0.1, -0.05) is 41.2 Å². The van der Waals surface area contributed by atoms with Gasteiger partial charge in [0.1, 0.15) is 0 Å². The van der Waals surface area contributed by atoms with E-state index in [0.717, 1.165) is 37.7 Å². The molecule has 1 aliphatic heterocycles. The molecule has 0 saturated carbocycles. The fourth-order valence-electron chi connectivity index (χ4n) is 1.84. The number of amides is 1. The molecule has 0 radical (unpaired) electrons. The highest BCUT2D eigenvalue weighted by atomic mass is 35.5. The standard InChI is InChI=1S/C12H13Cl3N2OS/c13-8-6-10(15)11(7-9(8)14)19-12(18)16-17-4-2-1-3-5-17/h6-7H,1-5H2,(H,16,18). The number of piperidine rings is 1. The lowest BCUT2D eigenvalue weighted by atomic mass is 10.2. The molecule has 1 saturated heterocycles. The van der Waals surface area contributed by atoms with Crippen molar-refractivity contribution in [3.8, 4) is 0 Å². The van der Waals surface area contributed by atoms with Gasteiger partial charge in [-0.25, -0.2) is 5.01 Å². The lowest BCUT2D eigenvalue weighted by molar-refractivity contribution is 0.168. The molecule has 1 N–H and O–H groups in total. The molecule has 7 heteroatoms. The molecular weight excluding hydrogens is 327 g/mol. The third-order valence-electron chi connectivity index (χ3n) is 2.78. The van der Waals surface area contributed by atoms with Gasteiger partial charge >= 0.3 is 0 Å². The lowest BCUT2D eigenvalue weighted by Crippen LogP contribution is -2.43. The molecule has 2 rings (SSSR count). The molecule has 1 aromatic carbocycles. The molecule has 3 nitrogen and oxygen atoms in total. The van der Waals surface area contributed by atoms with Crippen molar-refractivity contribution in [2.45, 2.75) is 24.2 Å². The van der Waals surface area contributed by atoms with Crippen molar-refractivity contribution in [2.24, 2.45) is 0 Å². The number of rotatable bonds is 2. The summed E-state index contributed by atoms with van der Waals surface area (Å²) in [4.78, 5) is 12.5. The maximum absolute atomic E-state index is 11.9. The predicted molar refractivity (Wildman–Crippen MR) is 81.3 cm³/mol. The number of hydrogen-bond donors (Lipinski definition) is 1. The quantitative estimate of drug-likeness (QED) is 0.617. The highest BCUT2D eigenvalue weighted by Gasteiger charge is 2.15. The van der Waals surface area contributed by atoms with Gasteiger partial charge in [0.2, 0.25) is 0 Å². The Morgan fingerprint density at radius 2 is 1.68 bits per heavy atom. The van der Waals surface area contributed by atoms with Gasteiger partial charge in [0.25, 0.3) is 5.24 Å². The molecule has 0 unspecified atom stereocenters. The fraction of sp³-hybridized carbons (Fsp3) is 0.417. The summed E-state index contributed by atoms with van der Waals surface area (Å²) >= 11 is 18.8. The number of carbonyl (C=O) groups excluding carboxylic acids is 1. The average Bonchev–Trinajstić information content (AvgIpc) is 2.37. The molecule has 1 amide bonds. The van der Waals surface area contributed by atoms with E-state index < -0.39 is 0 Å². The molecule has 19 heavy (non-hydrogen) atoms. The minimum atomic E-state index is -0.165. The van der Waals surface area contributed by atoms with Crippen LogP contribution in [0.5, 0.6) is 0 Å². The van der Waals surface area contributed by atoms with Gasteiger partial charge < -0.3 is 0 Å². The van der Waals surface area contributed by atoms with Crippen molar-refractivity contribution in [1.29, 1.82) is 0 Å². The van der Waals surface area contributed by atoms with E-state index in [4.69, 9.17) is 34.8 Å². The Kier molecular flexibility index (Phi) is 5.66. The van der Waals surface area contributed by atoms with E-state index in [1.165, 1.54) is 6.42 Å². The second-order valence-corrected chi connectivity index (χ2v) is 6.48. The first-order valence-electron chi connectivity index (χ1n) is 5.94. The highest BCUT2D eigenvalue weighted by Crippen LogP contribution is 2.35. The topological polar surface area (TPSA) is 32.3 Å². The number of carbonyl (C=O) groups is 1. The first kappa shape index (κ1) is 15.3. The minimum Gasteiger partial charge on any atom is -0.279 e. The molecule has 104 valence electrons. The summed E-state index contributed by atoms with van der Waals surface area (Å²) in [5.74, 6) is 0. The van der Waals surface area contributed by atoms with E-state index in [0.29, 0.717) is 20.0 Å².